The molecule has 0 amide bonds. The maximum absolute atomic E-state index is 5.34. The Morgan fingerprint density at radius 3 is 2.95 bits per heavy atom. The largest absolute Gasteiger partial charge is 0.414 e. The third kappa shape index (κ3) is 2.21. The van der Waals surface area contributed by atoms with Crippen LogP contribution < -0.4 is 0 Å². The van der Waals surface area contributed by atoms with E-state index in [4.69, 9.17) is 16.6 Å². The molecule has 0 aliphatic carbocycles. The number of nitrogens with zero attached hydrogens (tertiary/aromatic N) is 2. The predicted octanol–water partition coefficient (Wildman–Crippen LogP) is 3.57. The first-order valence-electron chi connectivity index (χ1n) is 6.23. The molecule has 98 valence electrons. The van der Waals surface area contributed by atoms with E-state index in [0.717, 1.165) is 6.42 Å². The average molecular weight is 273 g/mol. The molecule has 0 saturated carbocycles. The highest BCUT2D eigenvalue weighted by molar-refractivity contribution is 7.71. The van der Waals surface area contributed by atoms with E-state index in [-0.39, 0.29) is 0 Å². The van der Waals surface area contributed by atoms with E-state index in [0.29, 0.717) is 16.6 Å². The Balaban J connectivity index is 1.97. The van der Waals surface area contributed by atoms with Crippen molar-refractivity contribution in [1.29, 1.82) is 0 Å². The van der Waals surface area contributed by atoms with Crippen molar-refractivity contribution in [2.75, 3.05) is 0 Å². The smallest absolute Gasteiger partial charge is 0.284 e. The number of rotatable bonds is 3. The second kappa shape index (κ2) is 4.66. The summed E-state index contributed by atoms with van der Waals surface area (Å²) in [5.41, 5.74) is 2.55. The van der Waals surface area contributed by atoms with Crippen LogP contribution in [-0.2, 0) is 13.5 Å². The Kier molecular flexibility index (Phi) is 2.98. The van der Waals surface area contributed by atoms with Crippen LogP contribution in [0.3, 0.4) is 0 Å². The molecule has 0 aliphatic heterocycles. The van der Waals surface area contributed by atoms with Crippen LogP contribution in [0.5, 0.6) is 0 Å². The second-order valence-corrected chi connectivity index (χ2v) is 5.20. The summed E-state index contributed by atoms with van der Waals surface area (Å²) in [6.07, 6.45) is 2.91. The van der Waals surface area contributed by atoms with Crippen LogP contribution in [0.25, 0.3) is 10.9 Å². The van der Waals surface area contributed by atoms with E-state index in [2.05, 4.69) is 59.2 Å². The van der Waals surface area contributed by atoms with E-state index in [1.165, 1.54) is 16.5 Å². The topological polar surface area (TPSA) is 46.8 Å². The minimum absolute atomic E-state index is 0.326. The van der Waals surface area contributed by atoms with Crippen LogP contribution >= 0.6 is 12.2 Å². The summed E-state index contributed by atoms with van der Waals surface area (Å²) in [4.78, 5) is 0.333. The van der Waals surface area contributed by atoms with Crippen molar-refractivity contribution in [2.45, 2.75) is 19.3 Å². The molecule has 1 atom stereocenters. The fraction of sp³-hybridized carbons (Fsp3) is 0.286. The molecule has 1 aromatic carbocycles. The van der Waals surface area contributed by atoms with Gasteiger partial charge in [-0.3, -0.25) is 0 Å². The minimum Gasteiger partial charge on any atom is -0.414 e. The van der Waals surface area contributed by atoms with Gasteiger partial charge >= 0.3 is 0 Å². The number of nitrogens with one attached hydrogen (secondary N) is 1. The van der Waals surface area contributed by atoms with Gasteiger partial charge in [-0.2, -0.15) is 0 Å². The van der Waals surface area contributed by atoms with Crippen LogP contribution in [-0.4, -0.2) is 14.8 Å². The van der Waals surface area contributed by atoms with Gasteiger partial charge in [0.05, 0.1) is 0 Å². The lowest BCUT2D eigenvalue weighted by Gasteiger charge is -2.07. The summed E-state index contributed by atoms with van der Waals surface area (Å²) in [6.45, 7) is 2.18. The van der Waals surface area contributed by atoms with Gasteiger partial charge in [-0.1, -0.05) is 25.1 Å². The zero-order valence-electron chi connectivity index (χ0n) is 10.9. The molecule has 0 fully saturated rings. The lowest BCUT2D eigenvalue weighted by molar-refractivity contribution is 0.466. The molecule has 0 radical (unpaired) electrons. The Morgan fingerprint density at radius 2 is 2.21 bits per heavy atom. The third-order valence-corrected chi connectivity index (χ3v) is 3.60. The Labute approximate surface area is 116 Å². The molecule has 4 nitrogen and oxygen atoms in total. The molecule has 0 bridgehead atoms. The molecule has 0 aliphatic rings. The van der Waals surface area contributed by atoms with Crippen molar-refractivity contribution in [2.24, 2.45) is 7.05 Å². The number of H-pyrrole nitrogens is 1. The molecule has 3 rings (SSSR count). The van der Waals surface area contributed by atoms with Gasteiger partial charge in [0.15, 0.2) is 0 Å². The van der Waals surface area contributed by atoms with Gasteiger partial charge < -0.3 is 8.98 Å². The molecule has 2 aromatic heterocycles. The van der Waals surface area contributed by atoms with Gasteiger partial charge in [0.2, 0.25) is 5.89 Å². The zero-order chi connectivity index (χ0) is 13.4. The molecule has 5 heteroatoms. The SMILES string of the molecule is CC(Cc1n[nH]c(=S)o1)c1cn(C)c2ccccc12. The maximum atomic E-state index is 5.34. The van der Waals surface area contributed by atoms with Crippen molar-refractivity contribution in [1.82, 2.24) is 14.8 Å². The summed E-state index contributed by atoms with van der Waals surface area (Å²) in [6, 6.07) is 8.41. The van der Waals surface area contributed by atoms with Gasteiger partial charge in [0, 0.05) is 30.6 Å². The molecule has 0 spiro atoms. The van der Waals surface area contributed by atoms with E-state index in [1.54, 1.807) is 0 Å². The molecule has 1 unspecified atom stereocenters. The summed E-state index contributed by atoms with van der Waals surface area (Å²) >= 11 is 4.89. The first kappa shape index (κ1) is 12.2. The molecular formula is C14H15N3OS. The first-order valence-corrected chi connectivity index (χ1v) is 6.64. The van der Waals surface area contributed by atoms with E-state index in [1.807, 2.05) is 0 Å². The van der Waals surface area contributed by atoms with Crippen LogP contribution in [0.4, 0.5) is 0 Å². The molecule has 1 N–H and O–H groups in total. The molecular weight excluding hydrogens is 258 g/mol. The number of para-hydroxylation sites is 1. The van der Waals surface area contributed by atoms with Crippen molar-refractivity contribution < 1.29 is 4.42 Å². The number of aryl methyl sites for hydroxylation is 1. The highest BCUT2D eigenvalue weighted by atomic mass is 32.1. The van der Waals surface area contributed by atoms with E-state index in [9.17, 15) is 0 Å². The normalized spacial score (nSPS) is 12.9. The van der Waals surface area contributed by atoms with Crippen LogP contribution in [0.1, 0.15) is 24.3 Å². The lowest BCUT2D eigenvalue weighted by atomic mass is 9.97. The number of benzene rings is 1. The van der Waals surface area contributed by atoms with E-state index >= 15 is 0 Å². The van der Waals surface area contributed by atoms with Gasteiger partial charge in [-0.25, -0.2) is 5.10 Å². The van der Waals surface area contributed by atoms with Gasteiger partial charge in [0.25, 0.3) is 4.84 Å². The highest BCUT2D eigenvalue weighted by Gasteiger charge is 2.15. The van der Waals surface area contributed by atoms with Gasteiger partial charge in [-0.15, -0.1) is 5.10 Å². The standard InChI is InChI=1S/C14H15N3OS/c1-9(7-13-15-16-14(19)18-13)11-8-17(2)12-6-4-3-5-10(11)12/h3-6,8-9H,7H2,1-2H3,(H,16,19). The first-order chi connectivity index (χ1) is 9.15. The highest BCUT2D eigenvalue weighted by Crippen LogP contribution is 2.28. The Morgan fingerprint density at radius 1 is 1.42 bits per heavy atom. The number of aromatic amines is 1. The van der Waals surface area contributed by atoms with Gasteiger partial charge in [0.1, 0.15) is 0 Å². The average Bonchev–Trinajstić information content (AvgIpc) is 2.95. The summed E-state index contributed by atoms with van der Waals surface area (Å²) < 4.78 is 7.49. The van der Waals surface area contributed by atoms with Crippen molar-refractivity contribution >= 4 is 23.1 Å². The van der Waals surface area contributed by atoms with Crippen molar-refractivity contribution in [3.05, 3.63) is 46.8 Å². The van der Waals surface area contributed by atoms with Crippen molar-refractivity contribution in [3.63, 3.8) is 0 Å². The van der Waals surface area contributed by atoms with Crippen LogP contribution in [0.15, 0.2) is 34.9 Å². The maximum Gasteiger partial charge on any atom is 0.284 e. The summed E-state index contributed by atoms with van der Waals surface area (Å²) in [5, 5.41) is 8.01. The number of fused-ring (bicyclic) bond motifs is 1. The lowest BCUT2D eigenvalue weighted by Crippen LogP contribution is -1.98. The summed E-state index contributed by atoms with van der Waals surface area (Å²) in [7, 11) is 2.07. The number of hydrogen-bond acceptors (Lipinski definition) is 3. The summed E-state index contributed by atoms with van der Waals surface area (Å²) in [5.74, 6) is 0.984. The monoisotopic (exact) mass is 273 g/mol. The van der Waals surface area contributed by atoms with Crippen LogP contribution in [0, 0.1) is 4.84 Å². The fourth-order valence-electron chi connectivity index (χ4n) is 2.49. The van der Waals surface area contributed by atoms with Crippen molar-refractivity contribution in [3.8, 4) is 0 Å². The fourth-order valence-corrected chi connectivity index (χ4v) is 2.63. The van der Waals surface area contributed by atoms with Gasteiger partial charge in [-0.05, 0) is 29.8 Å². The quantitative estimate of drug-likeness (QED) is 0.742. The number of hydrogen-bond donors (Lipinski definition) is 1. The predicted molar refractivity (Wildman–Crippen MR) is 76.7 cm³/mol. The second-order valence-electron chi connectivity index (χ2n) is 4.82. The zero-order valence-corrected chi connectivity index (χ0v) is 11.7. The molecule has 0 saturated heterocycles. The Hall–Kier alpha value is -1.88. The Bertz CT molecular complexity index is 768. The minimum atomic E-state index is 0.326. The third-order valence-electron chi connectivity index (χ3n) is 3.42. The number of aromatic nitrogens is 3. The molecule has 2 heterocycles. The molecule has 3 aromatic rings. The van der Waals surface area contributed by atoms with Crippen LogP contribution in [0.2, 0.25) is 0 Å². The molecule has 19 heavy (non-hydrogen) atoms. The van der Waals surface area contributed by atoms with E-state index < -0.39 is 0 Å².